The number of ether oxygens (including phenoxy) is 1. The zero-order chi connectivity index (χ0) is 15.2. The molecule has 112 valence electrons. The van der Waals surface area contributed by atoms with Crippen LogP contribution in [0.3, 0.4) is 0 Å². The molecule has 3 nitrogen and oxygen atoms in total. The van der Waals surface area contributed by atoms with Crippen LogP contribution in [0, 0.1) is 0 Å². The number of anilines is 1. The minimum absolute atomic E-state index is 0.636. The van der Waals surface area contributed by atoms with Crippen LogP contribution < -0.4 is 15.4 Å². The number of hydrogen-bond acceptors (Lipinski definition) is 3. The zero-order valence-electron chi connectivity index (χ0n) is 12.5. The van der Waals surface area contributed by atoms with Crippen molar-refractivity contribution in [3.8, 4) is 5.75 Å². The molecule has 0 amide bonds. The summed E-state index contributed by atoms with van der Waals surface area (Å²) in [5.41, 5.74) is 8.97. The Balaban J connectivity index is 2.10. The molecule has 2 N–H and O–H groups in total. The third-order valence-electron chi connectivity index (χ3n) is 3.44. The van der Waals surface area contributed by atoms with Gasteiger partial charge in [0.15, 0.2) is 0 Å². The van der Waals surface area contributed by atoms with E-state index < -0.39 is 0 Å². The smallest absolute Gasteiger partial charge is 0.118 e. The van der Waals surface area contributed by atoms with E-state index in [-0.39, 0.29) is 0 Å². The summed E-state index contributed by atoms with van der Waals surface area (Å²) in [5.74, 6) is 0.866. The first-order chi connectivity index (χ1) is 10.1. The summed E-state index contributed by atoms with van der Waals surface area (Å²) in [6.07, 6.45) is 0.849. The fraction of sp³-hybridized carbons (Fsp3) is 0.294. The van der Waals surface area contributed by atoms with Gasteiger partial charge in [-0.3, -0.25) is 0 Å². The molecule has 0 aromatic heterocycles. The van der Waals surface area contributed by atoms with E-state index in [1.54, 1.807) is 7.11 Å². The van der Waals surface area contributed by atoms with Crippen LogP contribution >= 0.6 is 11.6 Å². The monoisotopic (exact) mass is 304 g/mol. The average Bonchev–Trinajstić information content (AvgIpc) is 2.48. The van der Waals surface area contributed by atoms with Gasteiger partial charge in [-0.2, -0.15) is 0 Å². The molecular weight excluding hydrogens is 284 g/mol. The zero-order valence-corrected chi connectivity index (χ0v) is 13.2. The van der Waals surface area contributed by atoms with Gasteiger partial charge in [-0.05, 0) is 48.4 Å². The van der Waals surface area contributed by atoms with E-state index >= 15 is 0 Å². The number of methoxy groups -OCH3 is 1. The van der Waals surface area contributed by atoms with Gasteiger partial charge in [0.1, 0.15) is 5.75 Å². The maximum Gasteiger partial charge on any atom is 0.118 e. The summed E-state index contributed by atoms with van der Waals surface area (Å²) in [5, 5.41) is 0.761. The van der Waals surface area contributed by atoms with Crippen LogP contribution in [0.2, 0.25) is 5.02 Å². The van der Waals surface area contributed by atoms with E-state index in [1.807, 2.05) is 25.2 Å². The lowest BCUT2D eigenvalue weighted by Crippen LogP contribution is -2.17. The number of hydrogen-bond donors (Lipinski definition) is 1. The Hall–Kier alpha value is -1.71. The molecule has 2 aromatic rings. The molecule has 0 aliphatic carbocycles. The summed E-state index contributed by atoms with van der Waals surface area (Å²) in [7, 11) is 3.71. The molecule has 0 radical (unpaired) electrons. The molecule has 2 aromatic carbocycles. The fourth-order valence-electron chi connectivity index (χ4n) is 2.27. The van der Waals surface area contributed by atoms with Crippen LogP contribution in [0.5, 0.6) is 5.75 Å². The van der Waals surface area contributed by atoms with Crippen molar-refractivity contribution in [2.75, 3.05) is 25.6 Å². The molecule has 0 fully saturated rings. The Kier molecular flexibility index (Phi) is 5.48. The van der Waals surface area contributed by atoms with E-state index in [1.165, 1.54) is 11.1 Å². The van der Waals surface area contributed by atoms with Crippen LogP contribution in [-0.2, 0) is 13.0 Å². The summed E-state index contributed by atoms with van der Waals surface area (Å²) < 4.78 is 5.17. The molecular formula is C17H21ClN2O. The van der Waals surface area contributed by atoms with E-state index in [9.17, 15) is 0 Å². The van der Waals surface area contributed by atoms with Crippen molar-refractivity contribution >= 4 is 17.3 Å². The van der Waals surface area contributed by atoms with E-state index in [2.05, 4.69) is 29.2 Å². The van der Waals surface area contributed by atoms with Crippen molar-refractivity contribution in [2.24, 2.45) is 5.73 Å². The van der Waals surface area contributed by atoms with Crippen LogP contribution in [0.25, 0.3) is 0 Å². The van der Waals surface area contributed by atoms with Gasteiger partial charge in [-0.25, -0.2) is 0 Å². The van der Waals surface area contributed by atoms with Gasteiger partial charge in [0.25, 0.3) is 0 Å². The lowest BCUT2D eigenvalue weighted by Gasteiger charge is -2.21. The molecule has 0 aliphatic heterocycles. The van der Waals surface area contributed by atoms with Gasteiger partial charge in [-0.1, -0.05) is 29.8 Å². The standard InChI is InChI=1S/C17H21ClN2O/c1-20(12-14-3-6-15(21-2)7-4-14)17-8-5-13(9-10-19)11-16(17)18/h3-8,11H,9-10,12,19H2,1-2H3. The molecule has 0 saturated heterocycles. The Morgan fingerprint density at radius 3 is 2.33 bits per heavy atom. The predicted octanol–water partition coefficient (Wildman–Crippen LogP) is 3.49. The summed E-state index contributed by atoms with van der Waals surface area (Å²) in [6.45, 7) is 1.43. The maximum absolute atomic E-state index is 6.37. The number of halogens is 1. The van der Waals surface area contributed by atoms with E-state index in [0.29, 0.717) is 6.54 Å². The number of benzene rings is 2. The van der Waals surface area contributed by atoms with Crippen LogP contribution in [0.15, 0.2) is 42.5 Å². The van der Waals surface area contributed by atoms with Crippen molar-refractivity contribution < 1.29 is 4.74 Å². The van der Waals surface area contributed by atoms with Gasteiger partial charge in [0, 0.05) is 13.6 Å². The highest BCUT2D eigenvalue weighted by molar-refractivity contribution is 6.33. The Bertz CT molecular complexity index is 584. The first-order valence-corrected chi connectivity index (χ1v) is 7.34. The lowest BCUT2D eigenvalue weighted by atomic mass is 10.1. The first-order valence-electron chi connectivity index (χ1n) is 6.96. The SMILES string of the molecule is COc1ccc(CN(C)c2ccc(CCN)cc2Cl)cc1. The molecule has 0 saturated carbocycles. The maximum atomic E-state index is 6.37. The average molecular weight is 305 g/mol. The highest BCUT2D eigenvalue weighted by Crippen LogP contribution is 2.27. The third-order valence-corrected chi connectivity index (χ3v) is 3.74. The van der Waals surface area contributed by atoms with Gasteiger partial charge < -0.3 is 15.4 Å². The van der Waals surface area contributed by atoms with Gasteiger partial charge in [0.05, 0.1) is 17.8 Å². The lowest BCUT2D eigenvalue weighted by molar-refractivity contribution is 0.414. The van der Waals surface area contributed by atoms with Gasteiger partial charge in [-0.15, -0.1) is 0 Å². The molecule has 0 heterocycles. The number of nitrogens with two attached hydrogens (primary N) is 1. The third kappa shape index (κ3) is 4.13. The van der Waals surface area contributed by atoms with Crippen LogP contribution in [0.4, 0.5) is 5.69 Å². The Morgan fingerprint density at radius 2 is 1.76 bits per heavy atom. The molecule has 0 aliphatic rings. The summed E-state index contributed by atoms with van der Waals surface area (Å²) in [4.78, 5) is 2.14. The van der Waals surface area contributed by atoms with Crippen LogP contribution in [0.1, 0.15) is 11.1 Å². The van der Waals surface area contributed by atoms with E-state index in [4.69, 9.17) is 22.1 Å². The van der Waals surface area contributed by atoms with Crippen molar-refractivity contribution in [3.63, 3.8) is 0 Å². The predicted molar refractivity (Wildman–Crippen MR) is 89.3 cm³/mol. The van der Waals surface area contributed by atoms with Gasteiger partial charge >= 0.3 is 0 Å². The Labute approximate surface area is 131 Å². The van der Waals surface area contributed by atoms with Crippen molar-refractivity contribution in [1.82, 2.24) is 0 Å². The first kappa shape index (κ1) is 15.7. The normalized spacial score (nSPS) is 10.5. The Morgan fingerprint density at radius 1 is 1.10 bits per heavy atom. The second-order valence-electron chi connectivity index (χ2n) is 5.03. The highest BCUT2D eigenvalue weighted by atomic mass is 35.5. The highest BCUT2D eigenvalue weighted by Gasteiger charge is 2.08. The molecule has 4 heteroatoms. The fourth-order valence-corrected chi connectivity index (χ4v) is 2.62. The quantitative estimate of drug-likeness (QED) is 0.888. The van der Waals surface area contributed by atoms with E-state index in [0.717, 1.165) is 29.4 Å². The van der Waals surface area contributed by atoms with Gasteiger partial charge in [0.2, 0.25) is 0 Å². The molecule has 0 spiro atoms. The molecule has 0 unspecified atom stereocenters. The van der Waals surface area contributed by atoms with Crippen molar-refractivity contribution in [1.29, 1.82) is 0 Å². The number of rotatable bonds is 6. The second kappa shape index (κ2) is 7.34. The summed E-state index contributed by atoms with van der Waals surface area (Å²) in [6, 6.07) is 14.2. The van der Waals surface area contributed by atoms with Crippen molar-refractivity contribution in [3.05, 3.63) is 58.6 Å². The summed E-state index contributed by atoms with van der Waals surface area (Å²) >= 11 is 6.37. The minimum atomic E-state index is 0.636. The number of nitrogens with zero attached hydrogens (tertiary/aromatic N) is 1. The van der Waals surface area contributed by atoms with Crippen LogP contribution in [-0.4, -0.2) is 20.7 Å². The minimum Gasteiger partial charge on any atom is -0.497 e. The molecule has 21 heavy (non-hydrogen) atoms. The second-order valence-corrected chi connectivity index (χ2v) is 5.44. The molecule has 0 atom stereocenters. The van der Waals surface area contributed by atoms with Crippen molar-refractivity contribution in [2.45, 2.75) is 13.0 Å². The molecule has 0 bridgehead atoms. The largest absolute Gasteiger partial charge is 0.497 e. The molecule has 2 rings (SSSR count). The topological polar surface area (TPSA) is 38.5 Å².